The Morgan fingerprint density at radius 3 is 2.68 bits per heavy atom. The second-order valence-corrected chi connectivity index (χ2v) is 7.00. The minimum Gasteiger partial charge on any atom is -0.345 e. The minimum absolute atomic E-state index is 0.0831. The molecule has 0 bridgehead atoms. The van der Waals surface area contributed by atoms with Crippen molar-refractivity contribution < 1.29 is 14.0 Å². The van der Waals surface area contributed by atoms with Crippen LogP contribution in [-0.4, -0.2) is 27.8 Å². The number of carbonyl (C=O) groups is 2. The summed E-state index contributed by atoms with van der Waals surface area (Å²) in [6.45, 7) is 1.55. The predicted molar refractivity (Wildman–Crippen MR) is 106 cm³/mol. The largest absolute Gasteiger partial charge is 0.345 e. The number of halogens is 1. The first-order valence-corrected chi connectivity index (χ1v) is 9.60. The van der Waals surface area contributed by atoms with Crippen LogP contribution < -0.4 is 10.6 Å². The van der Waals surface area contributed by atoms with E-state index in [9.17, 15) is 14.0 Å². The summed E-state index contributed by atoms with van der Waals surface area (Å²) < 4.78 is 13.6. The fourth-order valence-electron chi connectivity index (χ4n) is 2.47. The lowest BCUT2D eigenvalue weighted by molar-refractivity contribution is -0.126. The highest BCUT2D eigenvalue weighted by molar-refractivity contribution is 7.13. The summed E-state index contributed by atoms with van der Waals surface area (Å²) in [5.41, 5.74) is 1.88. The number of benzene rings is 1. The molecule has 1 unspecified atom stereocenters. The lowest BCUT2D eigenvalue weighted by Gasteiger charge is -2.14. The number of thiazole rings is 1. The van der Waals surface area contributed by atoms with Crippen LogP contribution in [0.5, 0.6) is 0 Å². The van der Waals surface area contributed by atoms with Gasteiger partial charge in [-0.3, -0.25) is 14.6 Å². The quantitative estimate of drug-likeness (QED) is 0.639. The minimum atomic E-state index is -0.782. The molecule has 0 saturated carbocycles. The number of para-hydroxylation sites is 1. The Labute approximate surface area is 165 Å². The van der Waals surface area contributed by atoms with Gasteiger partial charge in [-0.05, 0) is 37.6 Å². The van der Waals surface area contributed by atoms with Gasteiger partial charge in [-0.25, -0.2) is 9.37 Å². The summed E-state index contributed by atoms with van der Waals surface area (Å²) in [5.74, 6) is -1.27. The smallest absolute Gasteiger partial charge is 0.246 e. The van der Waals surface area contributed by atoms with E-state index in [0.29, 0.717) is 6.42 Å². The number of pyridine rings is 1. The molecule has 6 nitrogen and oxygen atoms in total. The molecule has 0 radical (unpaired) electrons. The van der Waals surface area contributed by atoms with Gasteiger partial charge in [0.2, 0.25) is 11.8 Å². The first-order chi connectivity index (χ1) is 13.5. The van der Waals surface area contributed by atoms with Crippen LogP contribution in [0.2, 0.25) is 0 Å². The van der Waals surface area contributed by atoms with Crippen molar-refractivity contribution in [2.24, 2.45) is 0 Å². The highest BCUT2D eigenvalue weighted by atomic mass is 32.1. The van der Waals surface area contributed by atoms with E-state index in [1.54, 1.807) is 25.4 Å². The molecular formula is C20H19FN4O2S. The van der Waals surface area contributed by atoms with Gasteiger partial charge in [-0.1, -0.05) is 12.1 Å². The first kappa shape index (κ1) is 19.6. The molecule has 2 heterocycles. The van der Waals surface area contributed by atoms with Gasteiger partial charge in [0.25, 0.3) is 0 Å². The standard InChI is InChI=1S/C20H19FN4O2S/c1-13(19(27)25-17-5-3-2-4-16(17)21)23-18(26)7-6-15-12-28-20(24-15)14-8-10-22-11-9-14/h2-5,8-13H,6-7H2,1H3,(H,23,26)(H,25,27). The zero-order valence-corrected chi connectivity index (χ0v) is 16.0. The second-order valence-electron chi connectivity index (χ2n) is 6.14. The Morgan fingerprint density at radius 1 is 1.18 bits per heavy atom. The number of hydrogen-bond acceptors (Lipinski definition) is 5. The Hall–Kier alpha value is -3.13. The molecule has 0 aliphatic carbocycles. The van der Waals surface area contributed by atoms with Gasteiger partial charge in [0.05, 0.1) is 11.4 Å². The number of aromatic nitrogens is 2. The Morgan fingerprint density at radius 2 is 1.93 bits per heavy atom. The van der Waals surface area contributed by atoms with Gasteiger partial charge in [0.1, 0.15) is 16.9 Å². The summed E-state index contributed by atoms with van der Waals surface area (Å²) in [6.07, 6.45) is 4.08. The third-order valence-electron chi connectivity index (χ3n) is 3.99. The molecule has 0 saturated heterocycles. The number of anilines is 1. The molecule has 1 aromatic carbocycles. The number of carbonyl (C=O) groups excluding carboxylic acids is 2. The van der Waals surface area contributed by atoms with Crippen LogP contribution in [0.1, 0.15) is 19.0 Å². The molecule has 1 atom stereocenters. The molecule has 144 valence electrons. The Kier molecular flexibility index (Phi) is 6.44. The Balaban J connectivity index is 1.48. The first-order valence-electron chi connectivity index (χ1n) is 8.72. The molecule has 0 aliphatic heterocycles. The van der Waals surface area contributed by atoms with Gasteiger partial charge in [-0.2, -0.15) is 0 Å². The number of aryl methyl sites for hydroxylation is 1. The maximum Gasteiger partial charge on any atom is 0.246 e. The van der Waals surface area contributed by atoms with Gasteiger partial charge in [-0.15, -0.1) is 11.3 Å². The zero-order chi connectivity index (χ0) is 19.9. The molecule has 0 aliphatic rings. The SMILES string of the molecule is CC(NC(=O)CCc1csc(-c2ccncc2)n1)C(=O)Nc1ccccc1F. The van der Waals surface area contributed by atoms with Crippen molar-refractivity contribution in [3.8, 4) is 10.6 Å². The molecule has 3 rings (SSSR count). The fourth-order valence-corrected chi connectivity index (χ4v) is 3.33. The van der Waals surface area contributed by atoms with E-state index < -0.39 is 17.8 Å². The van der Waals surface area contributed by atoms with Gasteiger partial charge in [0, 0.05) is 29.8 Å². The van der Waals surface area contributed by atoms with Crippen molar-refractivity contribution in [3.63, 3.8) is 0 Å². The number of hydrogen-bond donors (Lipinski definition) is 2. The highest BCUT2D eigenvalue weighted by Crippen LogP contribution is 2.23. The van der Waals surface area contributed by atoms with Gasteiger partial charge < -0.3 is 10.6 Å². The van der Waals surface area contributed by atoms with E-state index in [1.807, 2.05) is 17.5 Å². The van der Waals surface area contributed by atoms with Crippen LogP contribution in [0.25, 0.3) is 10.6 Å². The van der Waals surface area contributed by atoms with Crippen molar-refractivity contribution in [1.82, 2.24) is 15.3 Å². The monoisotopic (exact) mass is 398 g/mol. The molecule has 2 N–H and O–H groups in total. The molecule has 0 spiro atoms. The molecule has 8 heteroatoms. The normalized spacial score (nSPS) is 11.6. The predicted octanol–water partition coefficient (Wildman–Crippen LogP) is 3.42. The fraction of sp³-hybridized carbons (Fsp3) is 0.200. The van der Waals surface area contributed by atoms with E-state index in [-0.39, 0.29) is 18.0 Å². The van der Waals surface area contributed by atoms with Crippen molar-refractivity contribution in [3.05, 3.63) is 65.7 Å². The van der Waals surface area contributed by atoms with Gasteiger partial charge >= 0.3 is 0 Å². The second kappa shape index (κ2) is 9.18. The van der Waals surface area contributed by atoms with Crippen molar-refractivity contribution in [2.75, 3.05) is 5.32 Å². The summed E-state index contributed by atoms with van der Waals surface area (Å²) in [6, 6.07) is 8.85. The average Bonchev–Trinajstić information content (AvgIpc) is 3.18. The number of nitrogens with zero attached hydrogens (tertiary/aromatic N) is 2. The van der Waals surface area contributed by atoms with Gasteiger partial charge in [0.15, 0.2) is 0 Å². The summed E-state index contributed by atoms with van der Waals surface area (Å²) in [4.78, 5) is 32.8. The Bertz CT molecular complexity index is 962. The summed E-state index contributed by atoms with van der Waals surface area (Å²) >= 11 is 1.51. The highest BCUT2D eigenvalue weighted by Gasteiger charge is 2.17. The van der Waals surface area contributed by atoms with Crippen LogP contribution >= 0.6 is 11.3 Å². The van der Waals surface area contributed by atoms with Crippen molar-refractivity contribution in [1.29, 1.82) is 0 Å². The van der Waals surface area contributed by atoms with Crippen LogP contribution in [0.4, 0.5) is 10.1 Å². The number of nitrogens with one attached hydrogen (secondary N) is 2. The van der Waals surface area contributed by atoms with Crippen LogP contribution in [0.15, 0.2) is 54.2 Å². The van der Waals surface area contributed by atoms with Crippen molar-refractivity contribution >= 4 is 28.8 Å². The summed E-state index contributed by atoms with van der Waals surface area (Å²) in [5, 5.41) is 7.87. The molecule has 28 heavy (non-hydrogen) atoms. The van der Waals surface area contributed by atoms with E-state index in [4.69, 9.17) is 0 Å². The topological polar surface area (TPSA) is 84.0 Å². The molecule has 0 fully saturated rings. The third kappa shape index (κ3) is 5.20. The van der Waals surface area contributed by atoms with Crippen molar-refractivity contribution in [2.45, 2.75) is 25.8 Å². The molecule has 2 aromatic heterocycles. The average molecular weight is 398 g/mol. The molecule has 2 amide bonds. The lowest BCUT2D eigenvalue weighted by Crippen LogP contribution is -2.41. The van der Waals surface area contributed by atoms with Crippen LogP contribution in [0.3, 0.4) is 0 Å². The molecule has 3 aromatic rings. The maximum absolute atomic E-state index is 13.6. The number of amides is 2. The van der Waals surface area contributed by atoms with E-state index in [2.05, 4.69) is 20.6 Å². The van der Waals surface area contributed by atoms with E-state index in [1.165, 1.54) is 29.5 Å². The third-order valence-corrected chi connectivity index (χ3v) is 4.93. The van der Waals surface area contributed by atoms with E-state index >= 15 is 0 Å². The van der Waals surface area contributed by atoms with Crippen LogP contribution in [0, 0.1) is 5.82 Å². The summed E-state index contributed by atoms with van der Waals surface area (Å²) in [7, 11) is 0. The van der Waals surface area contributed by atoms with E-state index in [0.717, 1.165) is 16.3 Å². The molecular weight excluding hydrogens is 379 g/mol. The van der Waals surface area contributed by atoms with Crippen LogP contribution in [-0.2, 0) is 16.0 Å². The maximum atomic E-state index is 13.6. The zero-order valence-electron chi connectivity index (χ0n) is 15.2. The lowest BCUT2D eigenvalue weighted by atomic mass is 10.2. The number of rotatable bonds is 7.